The monoisotopic (exact) mass is 497 g/mol. The lowest BCUT2D eigenvalue weighted by Gasteiger charge is -2.34. The molecule has 0 aliphatic carbocycles. The lowest BCUT2D eigenvalue weighted by Crippen LogP contribution is -2.52. The lowest BCUT2D eigenvalue weighted by atomic mass is 9.89. The smallest absolute Gasteiger partial charge is 0.224 e. The van der Waals surface area contributed by atoms with Gasteiger partial charge in [-0.15, -0.1) is 10.2 Å². The van der Waals surface area contributed by atoms with E-state index < -0.39 is 5.66 Å². The van der Waals surface area contributed by atoms with Crippen molar-refractivity contribution in [3.05, 3.63) is 75.4 Å². The molecule has 0 saturated carbocycles. The Hall–Kier alpha value is -3.05. The maximum atomic E-state index is 6.81. The van der Waals surface area contributed by atoms with Crippen molar-refractivity contribution in [2.24, 2.45) is 10.7 Å². The Kier molecular flexibility index (Phi) is 4.21. The first-order valence-electron chi connectivity index (χ1n) is 8.86. The molecule has 0 bridgehead atoms. The maximum absolute atomic E-state index is 6.81. The minimum Gasteiger partial charge on any atom is -0.439 e. The summed E-state index contributed by atoms with van der Waals surface area (Å²) in [6.07, 6.45) is 4.85. The fourth-order valence-corrected chi connectivity index (χ4v) is 3.84. The third-order valence-corrected chi connectivity index (χ3v) is 5.56. The summed E-state index contributed by atoms with van der Waals surface area (Å²) in [5.74, 6) is 1.15. The van der Waals surface area contributed by atoms with Crippen LogP contribution in [0.2, 0.25) is 0 Å². The second kappa shape index (κ2) is 6.78. The number of hydrogen-bond acceptors (Lipinski definition) is 7. The van der Waals surface area contributed by atoms with Crippen LogP contribution in [0.15, 0.2) is 60.1 Å². The number of halogens is 1. The van der Waals surface area contributed by atoms with Crippen LogP contribution in [-0.2, 0) is 5.66 Å². The van der Waals surface area contributed by atoms with Gasteiger partial charge in [-0.3, -0.25) is 4.40 Å². The van der Waals surface area contributed by atoms with Gasteiger partial charge in [0.05, 0.1) is 12.0 Å². The molecule has 0 spiro atoms. The molecule has 8 nitrogen and oxygen atoms in total. The summed E-state index contributed by atoms with van der Waals surface area (Å²) < 4.78 is 8.79. The number of ether oxygens (including phenoxy) is 1. The van der Waals surface area contributed by atoms with Gasteiger partial charge < -0.3 is 15.8 Å². The standard InChI is InChI=1S/C20H16IN7O/c1-12-6-13(20(22)15-7-14(21)3-4-16(15)23-9-25-20)2-5-17(12)29-19-8-18-27-26-11-28(18)10-24-19/h2-11H,22H2,1H3,(H,23,25). The molecule has 29 heavy (non-hydrogen) atoms. The number of nitrogens with zero attached hydrogens (tertiary/aromatic N) is 5. The van der Waals surface area contributed by atoms with E-state index in [1.165, 1.54) is 0 Å². The molecule has 1 aliphatic rings. The average molecular weight is 497 g/mol. The Bertz CT molecular complexity index is 1270. The van der Waals surface area contributed by atoms with Crippen LogP contribution in [0.3, 0.4) is 0 Å². The molecule has 2 aromatic heterocycles. The van der Waals surface area contributed by atoms with Crippen LogP contribution in [-0.4, -0.2) is 25.9 Å². The zero-order chi connectivity index (χ0) is 20.0. The van der Waals surface area contributed by atoms with Crippen LogP contribution in [0.5, 0.6) is 11.6 Å². The first-order valence-corrected chi connectivity index (χ1v) is 9.94. The van der Waals surface area contributed by atoms with E-state index in [2.05, 4.69) is 54.1 Å². The summed E-state index contributed by atoms with van der Waals surface area (Å²) in [7, 11) is 0. The average Bonchev–Trinajstić information content (AvgIpc) is 3.18. The highest BCUT2D eigenvalue weighted by atomic mass is 127. The van der Waals surface area contributed by atoms with Gasteiger partial charge in [0.25, 0.3) is 0 Å². The third-order valence-electron chi connectivity index (χ3n) is 4.89. The molecule has 1 unspecified atom stereocenters. The van der Waals surface area contributed by atoms with Gasteiger partial charge in [0.1, 0.15) is 24.1 Å². The second-order valence-corrected chi connectivity index (χ2v) is 8.02. The lowest BCUT2D eigenvalue weighted by molar-refractivity contribution is 0.455. The Morgan fingerprint density at radius 2 is 2.03 bits per heavy atom. The van der Waals surface area contributed by atoms with Gasteiger partial charge in [-0.25, -0.2) is 9.98 Å². The van der Waals surface area contributed by atoms with E-state index in [-0.39, 0.29) is 0 Å². The van der Waals surface area contributed by atoms with E-state index in [1.807, 2.05) is 37.3 Å². The highest BCUT2D eigenvalue weighted by Gasteiger charge is 2.34. The summed E-state index contributed by atoms with van der Waals surface area (Å²) in [5.41, 5.74) is 10.2. The van der Waals surface area contributed by atoms with E-state index in [9.17, 15) is 0 Å². The van der Waals surface area contributed by atoms with Crippen LogP contribution in [0.4, 0.5) is 5.69 Å². The van der Waals surface area contributed by atoms with Crippen molar-refractivity contribution in [2.45, 2.75) is 12.6 Å². The SMILES string of the molecule is Cc1cc(C2(N)NC=Nc3ccc(I)cc32)ccc1Oc1cc2nncn2cn1. The maximum Gasteiger partial charge on any atom is 0.224 e. The predicted octanol–water partition coefficient (Wildman–Crippen LogP) is 3.25. The van der Waals surface area contributed by atoms with Gasteiger partial charge in [-0.1, -0.05) is 6.07 Å². The molecular weight excluding hydrogens is 481 g/mol. The number of benzene rings is 2. The molecule has 1 aliphatic heterocycles. The quantitative estimate of drug-likeness (QED) is 0.422. The van der Waals surface area contributed by atoms with Gasteiger partial charge >= 0.3 is 0 Å². The molecule has 5 rings (SSSR count). The predicted molar refractivity (Wildman–Crippen MR) is 117 cm³/mol. The molecule has 9 heteroatoms. The molecule has 0 saturated heterocycles. The van der Waals surface area contributed by atoms with Gasteiger partial charge in [0.2, 0.25) is 5.88 Å². The summed E-state index contributed by atoms with van der Waals surface area (Å²) in [5, 5.41) is 11.1. The molecule has 4 aromatic rings. The van der Waals surface area contributed by atoms with Crippen molar-refractivity contribution in [1.82, 2.24) is 24.9 Å². The molecule has 0 amide bonds. The Balaban J connectivity index is 1.50. The molecule has 144 valence electrons. The molecule has 0 radical (unpaired) electrons. The molecular formula is C20H16IN7O. The van der Waals surface area contributed by atoms with Crippen molar-refractivity contribution < 1.29 is 4.74 Å². The van der Waals surface area contributed by atoms with E-state index in [4.69, 9.17) is 10.5 Å². The largest absolute Gasteiger partial charge is 0.439 e. The van der Waals surface area contributed by atoms with E-state index >= 15 is 0 Å². The Morgan fingerprint density at radius 3 is 2.90 bits per heavy atom. The first kappa shape index (κ1) is 18.0. The molecule has 1 atom stereocenters. The normalized spacial score (nSPS) is 17.8. The van der Waals surface area contributed by atoms with E-state index in [1.54, 1.807) is 29.5 Å². The fraction of sp³-hybridized carbons (Fsp3) is 0.100. The zero-order valence-electron chi connectivity index (χ0n) is 15.4. The van der Waals surface area contributed by atoms with E-state index in [0.717, 1.165) is 25.9 Å². The van der Waals surface area contributed by atoms with Crippen LogP contribution < -0.4 is 15.8 Å². The number of nitrogens with two attached hydrogens (primary N) is 1. The minimum absolute atomic E-state index is 0.451. The summed E-state index contributed by atoms with van der Waals surface area (Å²) in [6.45, 7) is 1.98. The number of fused-ring (bicyclic) bond motifs is 2. The summed E-state index contributed by atoms with van der Waals surface area (Å²) >= 11 is 2.28. The van der Waals surface area contributed by atoms with Crippen molar-refractivity contribution in [3.63, 3.8) is 0 Å². The first-order chi connectivity index (χ1) is 14.0. The Morgan fingerprint density at radius 1 is 1.14 bits per heavy atom. The van der Waals surface area contributed by atoms with Crippen LogP contribution >= 0.6 is 22.6 Å². The third kappa shape index (κ3) is 3.12. The molecule has 3 N–H and O–H groups in total. The molecule has 3 heterocycles. The number of nitrogens with one attached hydrogen (secondary N) is 1. The Labute approximate surface area is 180 Å². The van der Waals surface area contributed by atoms with Crippen molar-refractivity contribution in [2.75, 3.05) is 0 Å². The number of aromatic nitrogens is 4. The number of hydrogen-bond donors (Lipinski definition) is 2. The van der Waals surface area contributed by atoms with Crippen molar-refractivity contribution in [1.29, 1.82) is 0 Å². The summed E-state index contributed by atoms with van der Waals surface area (Å²) in [6, 6.07) is 13.7. The minimum atomic E-state index is -0.875. The number of rotatable bonds is 3. The summed E-state index contributed by atoms with van der Waals surface area (Å²) in [4.78, 5) is 8.69. The topological polar surface area (TPSA) is 103 Å². The van der Waals surface area contributed by atoms with Gasteiger partial charge in [-0.05, 0) is 71.0 Å². The number of aryl methyl sites for hydroxylation is 1. The van der Waals surface area contributed by atoms with Gasteiger partial charge in [0.15, 0.2) is 5.65 Å². The zero-order valence-corrected chi connectivity index (χ0v) is 17.5. The van der Waals surface area contributed by atoms with Gasteiger partial charge in [0, 0.05) is 15.2 Å². The van der Waals surface area contributed by atoms with Crippen molar-refractivity contribution in [3.8, 4) is 11.6 Å². The van der Waals surface area contributed by atoms with Gasteiger partial charge in [-0.2, -0.15) is 0 Å². The van der Waals surface area contributed by atoms with Crippen molar-refractivity contribution >= 4 is 40.3 Å². The highest BCUT2D eigenvalue weighted by molar-refractivity contribution is 14.1. The molecule has 0 fully saturated rings. The highest BCUT2D eigenvalue weighted by Crippen LogP contribution is 2.37. The number of aliphatic imine (C=N–C) groups is 1. The fourth-order valence-electron chi connectivity index (χ4n) is 3.35. The second-order valence-electron chi connectivity index (χ2n) is 6.78. The van der Waals surface area contributed by atoms with Crippen LogP contribution in [0.1, 0.15) is 16.7 Å². The van der Waals surface area contributed by atoms with E-state index in [0.29, 0.717) is 17.3 Å². The molecule has 2 aromatic carbocycles. The van der Waals surface area contributed by atoms with Crippen LogP contribution in [0, 0.1) is 10.5 Å². The van der Waals surface area contributed by atoms with Crippen LogP contribution in [0.25, 0.3) is 5.65 Å².